The van der Waals surface area contributed by atoms with Crippen LogP contribution in [-0.2, 0) is 0 Å². The van der Waals surface area contributed by atoms with Gasteiger partial charge in [-0.15, -0.1) is 0 Å². The lowest BCUT2D eigenvalue weighted by Gasteiger charge is -2.17. The minimum Gasteiger partial charge on any atom is -0.496 e. The molecule has 148 valence electrons. The van der Waals surface area contributed by atoms with Crippen molar-refractivity contribution in [1.29, 1.82) is 0 Å². The van der Waals surface area contributed by atoms with Gasteiger partial charge in [0, 0.05) is 28.8 Å². The van der Waals surface area contributed by atoms with Crippen molar-refractivity contribution in [3.63, 3.8) is 0 Å². The monoisotopic (exact) mass is 382 g/mol. The maximum Gasteiger partial charge on any atom is 0.196 e. The highest BCUT2D eigenvalue weighted by molar-refractivity contribution is 6.26. The van der Waals surface area contributed by atoms with Crippen LogP contribution >= 0.6 is 0 Å². The van der Waals surface area contributed by atoms with E-state index in [9.17, 15) is 4.79 Å². The van der Waals surface area contributed by atoms with Gasteiger partial charge in [-0.3, -0.25) is 4.79 Å². The zero-order chi connectivity index (χ0) is 19.7. The molecule has 1 aliphatic heterocycles. The number of anilines is 1. The molecule has 0 spiro atoms. The third-order valence-electron chi connectivity index (χ3n) is 5.45. The standard InChI is InChI=1S/C22H26N2O4/c1-3-27-17-12-16(26-2)19-18-14(22(25)20(19)21(17)23)7-4-8-15(18)28-11-9-13-6-5-10-24-13/h4,7-8,12-13,24H,3,5-6,9-11,23H2,1-2H3. The van der Waals surface area contributed by atoms with Gasteiger partial charge in [-0.25, -0.2) is 0 Å². The number of methoxy groups -OCH3 is 1. The number of fused-ring (bicyclic) bond motifs is 3. The zero-order valence-electron chi connectivity index (χ0n) is 16.3. The average molecular weight is 382 g/mol. The highest BCUT2D eigenvalue weighted by Crippen LogP contribution is 2.51. The first kappa shape index (κ1) is 18.6. The Bertz CT molecular complexity index is 904. The van der Waals surface area contributed by atoms with Gasteiger partial charge in [-0.05, 0) is 38.8 Å². The van der Waals surface area contributed by atoms with E-state index >= 15 is 0 Å². The van der Waals surface area contributed by atoms with E-state index in [-0.39, 0.29) is 5.78 Å². The highest BCUT2D eigenvalue weighted by atomic mass is 16.5. The molecule has 28 heavy (non-hydrogen) atoms. The molecular formula is C22H26N2O4. The lowest BCUT2D eigenvalue weighted by atomic mass is 10.0. The lowest BCUT2D eigenvalue weighted by Crippen LogP contribution is -2.23. The molecule has 4 rings (SSSR count). The topological polar surface area (TPSA) is 82.8 Å². The maximum atomic E-state index is 13.1. The van der Waals surface area contributed by atoms with Crippen LogP contribution in [0.25, 0.3) is 11.1 Å². The fourth-order valence-electron chi connectivity index (χ4n) is 4.12. The summed E-state index contributed by atoms with van der Waals surface area (Å²) in [5.41, 5.74) is 9.12. The summed E-state index contributed by atoms with van der Waals surface area (Å²) in [6.07, 6.45) is 3.33. The maximum absolute atomic E-state index is 13.1. The Morgan fingerprint density at radius 2 is 2.00 bits per heavy atom. The number of ketones is 1. The molecule has 2 aromatic rings. The summed E-state index contributed by atoms with van der Waals surface area (Å²) < 4.78 is 17.3. The number of hydrogen-bond acceptors (Lipinski definition) is 6. The van der Waals surface area contributed by atoms with Crippen LogP contribution in [0.2, 0.25) is 0 Å². The Morgan fingerprint density at radius 1 is 1.14 bits per heavy atom. The molecule has 1 fully saturated rings. The summed E-state index contributed by atoms with van der Waals surface area (Å²) in [5.74, 6) is 1.59. The van der Waals surface area contributed by atoms with Crippen molar-refractivity contribution in [3.8, 4) is 28.4 Å². The predicted octanol–water partition coefficient (Wildman–Crippen LogP) is 3.41. The summed E-state index contributed by atoms with van der Waals surface area (Å²) in [7, 11) is 1.58. The molecule has 1 saturated heterocycles. The van der Waals surface area contributed by atoms with Crippen LogP contribution in [0.3, 0.4) is 0 Å². The summed E-state index contributed by atoms with van der Waals surface area (Å²) in [6.45, 7) is 4.00. The molecule has 0 radical (unpaired) electrons. The van der Waals surface area contributed by atoms with Crippen molar-refractivity contribution in [1.82, 2.24) is 5.32 Å². The molecule has 2 aliphatic rings. The second-order valence-corrected chi connectivity index (χ2v) is 7.11. The molecule has 6 heteroatoms. The number of carbonyl (C=O) groups is 1. The normalized spacial score (nSPS) is 17.4. The molecule has 2 aromatic carbocycles. The number of ether oxygens (including phenoxy) is 3. The molecule has 0 saturated carbocycles. The summed E-state index contributed by atoms with van der Waals surface area (Å²) in [6, 6.07) is 7.80. The highest BCUT2D eigenvalue weighted by Gasteiger charge is 2.36. The van der Waals surface area contributed by atoms with Crippen molar-refractivity contribution in [2.24, 2.45) is 0 Å². The van der Waals surface area contributed by atoms with Gasteiger partial charge in [0.25, 0.3) is 0 Å². The van der Waals surface area contributed by atoms with Gasteiger partial charge in [0.1, 0.15) is 17.2 Å². The first-order valence-corrected chi connectivity index (χ1v) is 9.83. The second-order valence-electron chi connectivity index (χ2n) is 7.11. The van der Waals surface area contributed by atoms with Gasteiger partial charge in [0.15, 0.2) is 5.78 Å². The van der Waals surface area contributed by atoms with Crippen molar-refractivity contribution in [2.45, 2.75) is 32.2 Å². The van der Waals surface area contributed by atoms with Gasteiger partial charge >= 0.3 is 0 Å². The van der Waals surface area contributed by atoms with Gasteiger partial charge < -0.3 is 25.3 Å². The second kappa shape index (κ2) is 7.72. The number of nitrogens with one attached hydrogen (secondary N) is 1. The van der Waals surface area contributed by atoms with Crippen molar-refractivity contribution in [2.75, 3.05) is 32.6 Å². The number of nitrogen functional groups attached to an aromatic ring is 1. The smallest absolute Gasteiger partial charge is 0.196 e. The van der Waals surface area contributed by atoms with Crippen LogP contribution in [0.5, 0.6) is 17.2 Å². The van der Waals surface area contributed by atoms with Crippen molar-refractivity contribution >= 4 is 11.5 Å². The quantitative estimate of drug-likeness (QED) is 0.610. The minimum atomic E-state index is -0.120. The van der Waals surface area contributed by atoms with Crippen LogP contribution in [-0.4, -0.2) is 38.7 Å². The average Bonchev–Trinajstić information content (AvgIpc) is 3.32. The SMILES string of the molecule is CCOc1cc(OC)c2c(c1N)C(=O)c1cccc(OCCC3CCCN3)c1-2. The molecule has 1 aliphatic carbocycles. The van der Waals surface area contributed by atoms with E-state index in [4.69, 9.17) is 19.9 Å². The predicted molar refractivity (Wildman–Crippen MR) is 109 cm³/mol. The molecule has 0 aromatic heterocycles. The summed E-state index contributed by atoms with van der Waals surface area (Å²) in [5, 5.41) is 3.48. The van der Waals surface area contributed by atoms with Crippen molar-refractivity contribution < 1.29 is 19.0 Å². The van der Waals surface area contributed by atoms with Gasteiger partial charge in [0.05, 0.1) is 31.6 Å². The number of benzene rings is 2. The third kappa shape index (κ3) is 3.07. The number of nitrogens with two attached hydrogens (primary N) is 1. The third-order valence-corrected chi connectivity index (χ3v) is 5.45. The molecule has 3 N–H and O–H groups in total. The number of carbonyl (C=O) groups excluding carboxylic acids is 1. The fraction of sp³-hybridized carbons (Fsp3) is 0.409. The van der Waals surface area contributed by atoms with Gasteiger partial charge in [-0.2, -0.15) is 0 Å². The molecule has 6 nitrogen and oxygen atoms in total. The first-order chi connectivity index (χ1) is 13.7. The molecule has 1 heterocycles. The minimum absolute atomic E-state index is 0.120. The van der Waals surface area contributed by atoms with E-state index < -0.39 is 0 Å². The number of rotatable bonds is 7. The largest absolute Gasteiger partial charge is 0.496 e. The Morgan fingerprint density at radius 3 is 2.71 bits per heavy atom. The van der Waals surface area contributed by atoms with Crippen LogP contribution in [0.4, 0.5) is 5.69 Å². The van der Waals surface area contributed by atoms with E-state index in [1.807, 2.05) is 25.1 Å². The van der Waals surface area contributed by atoms with E-state index in [0.29, 0.717) is 58.9 Å². The van der Waals surface area contributed by atoms with E-state index in [1.165, 1.54) is 12.8 Å². The first-order valence-electron chi connectivity index (χ1n) is 9.83. The zero-order valence-corrected chi connectivity index (χ0v) is 16.3. The van der Waals surface area contributed by atoms with Gasteiger partial charge in [0.2, 0.25) is 0 Å². The summed E-state index contributed by atoms with van der Waals surface area (Å²) >= 11 is 0. The molecular weight excluding hydrogens is 356 g/mol. The fourth-order valence-corrected chi connectivity index (χ4v) is 4.12. The van der Waals surface area contributed by atoms with Crippen LogP contribution in [0, 0.1) is 0 Å². The van der Waals surface area contributed by atoms with Crippen molar-refractivity contribution in [3.05, 3.63) is 35.4 Å². The Kier molecular flexibility index (Phi) is 5.13. The Labute approximate surface area is 165 Å². The van der Waals surface area contributed by atoms with E-state index in [1.54, 1.807) is 13.2 Å². The van der Waals surface area contributed by atoms with Gasteiger partial charge in [-0.1, -0.05) is 12.1 Å². The van der Waals surface area contributed by atoms with Crippen LogP contribution < -0.4 is 25.3 Å². The lowest BCUT2D eigenvalue weighted by molar-refractivity contribution is 0.104. The van der Waals surface area contributed by atoms with E-state index in [2.05, 4.69) is 5.32 Å². The molecule has 1 unspecified atom stereocenters. The van der Waals surface area contributed by atoms with Crippen LogP contribution in [0.15, 0.2) is 24.3 Å². The van der Waals surface area contributed by atoms with Crippen LogP contribution in [0.1, 0.15) is 42.1 Å². The Hall–Kier alpha value is -2.73. The molecule has 1 atom stereocenters. The molecule has 0 amide bonds. The van der Waals surface area contributed by atoms with E-state index in [0.717, 1.165) is 18.5 Å². The Balaban J connectivity index is 1.72. The summed E-state index contributed by atoms with van der Waals surface area (Å²) in [4.78, 5) is 13.1. The number of hydrogen-bond donors (Lipinski definition) is 2. The molecule has 0 bridgehead atoms.